The van der Waals surface area contributed by atoms with Gasteiger partial charge in [-0.25, -0.2) is 5.84 Å². The Morgan fingerprint density at radius 3 is 2.72 bits per heavy atom. The second-order valence-electron chi connectivity index (χ2n) is 8.62. The molecule has 0 radical (unpaired) electrons. The first kappa shape index (κ1) is 26.9. The lowest BCUT2D eigenvalue weighted by Crippen LogP contribution is -2.33. The third-order valence-corrected chi connectivity index (χ3v) is 5.74. The standard InChI is InChI=1S/C22H30F3N9O2/c23-22(24,25)16-6-7-28-17(10-16)12-30-20(35)18(26)13-33(27)8-1-2-9-34-14-19(31-32-34)21(36)29-11-15-4-3-5-15/h6-7,10,13-15H,1-5,8-9,11-12,26-27H2,(H,29,36)(H,30,35)/b18-13-. The van der Waals surface area contributed by atoms with Gasteiger partial charge in [0.1, 0.15) is 5.70 Å². The van der Waals surface area contributed by atoms with Gasteiger partial charge in [0.15, 0.2) is 5.69 Å². The number of hydrazine groups is 1. The van der Waals surface area contributed by atoms with E-state index in [0.29, 0.717) is 38.4 Å². The average Bonchev–Trinajstić information content (AvgIpc) is 3.28. The first-order valence-electron chi connectivity index (χ1n) is 11.6. The Morgan fingerprint density at radius 1 is 1.25 bits per heavy atom. The van der Waals surface area contributed by atoms with Crippen LogP contribution in [0.5, 0.6) is 0 Å². The number of nitrogens with one attached hydrogen (secondary N) is 2. The van der Waals surface area contributed by atoms with Crippen molar-refractivity contribution < 1.29 is 22.8 Å². The van der Waals surface area contributed by atoms with Gasteiger partial charge in [0.05, 0.1) is 24.0 Å². The van der Waals surface area contributed by atoms with Crippen LogP contribution in [0.15, 0.2) is 36.4 Å². The third kappa shape index (κ3) is 8.22. The molecule has 1 fully saturated rings. The zero-order valence-corrected chi connectivity index (χ0v) is 19.7. The quantitative estimate of drug-likeness (QED) is 0.144. The molecule has 2 heterocycles. The van der Waals surface area contributed by atoms with E-state index in [2.05, 4.69) is 25.9 Å². The van der Waals surface area contributed by atoms with E-state index < -0.39 is 17.6 Å². The summed E-state index contributed by atoms with van der Waals surface area (Å²) in [6, 6.07) is 1.71. The van der Waals surface area contributed by atoms with Crippen LogP contribution in [0.2, 0.25) is 0 Å². The Labute approximate surface area is 206 Å². The summed E-state index contributed by atoms with van der Waals surface area (Å²) in [6.45, 7) is 1.35. The summed E-state index contributed by atoms with van der Waals surface area (Å²) < 4.78 is 39.9. The van der Waals surface area contributed by atoms with E-state index >= 15 is 0 Å². The summed E-state index contributed by atoms with van der Waals surface area (Å²) in [6.07, 6.45) is 4.19. The molecule has 0 atom stereocenters. The van der Waals surface area contributed by atoms with Crippen LogP contribution in [0.25, 0.3) is 0 Å². The first-order chi connectivity index (χ1) is 17.1. The lowest BCUT2D eigenvalue weighted by Gasteiger charge is -2.25. The van der Waals surface area contributed by atoms with Crippen molar-refractivity contribution in [3.63, 3.8) is 0 Å². The van der Waals surface area contributed by atoms with E-state index in [1.807, 2.05) is 0 Å². The minimum absolute atomic E-state index is 0.0442. The Hall–Kier alpha value is -3.68. The van der Waals surface area contributed by atoms with E-state index in [1.165, 1.54) is 17.6 Å². The lowest BCUT2D eigenvalue weighted by atomic mass is 9.85. The van der Waals surface area contributed by atoms with Crippen LogP contribution in [0.1, 0.15) is 53.8 Å². The van der Waals surface area contributed by atoms with Crippen molar-refractivity contribution >= 4 is 11.8 Å². The lowest BCUT2D eigenvalue weighted by molar-refractivity contribution is -0.137. The highest BCUT2D eigenvalue weighted by Crippen LogP contribution is 2.29. The Kier molecular flexibility index (Phi) is 9.22. The second kappa shape index (κ2) is 12.3. The molecule has 0 saturated heterocycles. The van der Waals surface area contributed by atoms with Crippen molar-refractivity contribution in [1.29, 1.82) is 0 Å². The molecular weight excluding hydrogens is 479 g/mol. The average molecular weight is 510 g/mol. The number of aryl methyl sites for hydroxylation is 1. The summed E-state index contributed by atoms with van der Waals surface area (Å²) in [4.78, 5) is 28.0. The second-order valence-corrected chi connectivity index (χ2v) is 8.62. The van der Waals surface area contributed by atoms with E-state index in [9.17, 15) is 22.8 Å². The van der Waals surface area contributed by atoms with Crippen molar-refractivity contribution in [2.45, 2.75) is 51.4 Å². The molecule has 36 heavy (non-hydrogen) atoms. The smallest absolute Gasteiger partial charge is 0.393 e. The van der Waals surface area contributed by atoms with Gasteiger partial charge in [-0.3, -0.25) is 19.3 Å². The number of halogens is 3. The highest BCUT2D eigenvalue weighted by Gasteiger charge is 2.30. The minimum atomic E-state index is -4.50. The normalized spacial score (nSPS) is 14.3. The number of nitrogens with two attached hydrogens (primary N) is 2. The number of aromatic nitrogens is 4. The number of hydrogen-bond donors (Lipinski definition) is 4. The van der Waals surface area contributed by atoms with E-state index in [-0.39, 0.29) is 29.5 Å². The van der Waals surface area contributed by atoms with E-state index in [1.54, 1.807) is 10.9 Å². The fraction of sp³-hybridized carbons (Fsp3) is 0.500. The predicted molar refractivity (Wildman–Crippen MR) is 123 cm³/mol. The van der Waals surface area contributed by atoms with Crippen LogP contribution in [0.4, 0.5) is 13.2 Å². The Balaban J connectivity index is 1.35. The van der Waals surface area contributed by atoms with E-state index in [0.717, 1.165) is 31.2 Å². The van der Waals surface area contributed by atoms with Crippen LogP contribution in [-0.4, -0.2) is 49.9 Å². The van der Waals surface area contributed by atoms with Crippen LogP contribution in [0, 0.1) is 5.92 Å². The maximum Gasteiger partial charge on any atom is 0.416 e. The molecule has 0 aromatic carbocycles. The zero-order chi connectivity index (χ0) is 26.1. The molecule has 3 rings (SSSR count). The zero-order valence-electron chi connectivity index (χ0n) is 19.7. The van der Waals surface area contributed by atoms with Gasteiger partial charge >= 0.3 is 6.18 Å². The number of rotatable bonds is 12. The van der Waals surface area contributed by atoms with Crippen molar-refractivity contribution in [2.75, 3.05) is 13.1 Å². The van der Waals surface area contributed by atoms with Crippen molar-refractivity contribution in [1.82, 2.24) is 35.6 Å². The van der Waals surface area contributed by atoms with Crippen LogP contribution < -0.4 is 22.2 Å². The number of carbonyl (C=O) groups excluding carboxylic acids is 2. The van der Waals surface area contributed by atoms with Gasteiger partial charge in [-0.2, -0.15) is 13.2 Å². The largest absolute Gasteiger partial charge is 0.416 e. The molecule has 11 nitrogen and oxygen atoms in total. The van der Waals surface area contributed by atoms with Gasteiger partial charge in [-0.1, -0.05) is 11.6 Å². The molecule has 2 aromatic rings. The van der Waals surface area contributed by atoms with Crippen molar-refractivity contribution in [3.8, 4) is 0 Å². The molecule has 196 valence electrons. The molecule has 0 aliphatic heterocycles. The van der Waals surface area contributed by atoms with Gasteiger partial charge in [0, 0.05) is 32.0 Å². The highest BCUT2D eigenvalue weighted by atomic mass is 19.4. The molecule has 6 N–H and O–H groups in total. The third-order valence-electron chi connectivity index (χ3n) is 5.74. The summed E-state index contributed by atoms with van der Waals surface area (Å²) in [5, 5.41) is 14.4. The molecule has 0 spiro atoms. The van der Waals surface area contributed by atoms with Crippen LogP contribution in [-0.2, 0) is 24.1 Å². The number of carbonyl (C=O) groups is 2. The number of nitrogens with zero attached hydrogens (tertiary/aromatic N) is 5. The van der Waals surface area contributed by atoms with Crippen molar-refractivity contribution in [2.24, 2.45) is 17.5 Å². The van der Waals surface area contributed by atoms with Gasteiger partial charge in [0.2, 0.25) is 0 Å². The molecule has 1 aliphatic rings. The van der Waals surface area contributed by atoms with E-state index in [4.69, 9.17) is 11.6 Å². The molecule has 1 saturated carbocycles. The van der Waals surface area contributed by atoms with Gasteiger partial charge < -0.3 is 21.4 Å². The predicted octanol–water partition coefficient (Wildman–Crippen LogP) is 1.29. The first-order valence-corrected chi connectivity index (χ1v) is 11.6. The Bertz CT molecular complexity index is 1070. The molecule has 14 heteroatoms. The van der Waals surface area contributed by atoms with Crippen LogP contribution in [0.3, 0.4) is 0 Å². The number of unbranched alkanes of at least 4 members (excludes halogenated alkanes) is 1. The fourth-order valence-corrected chi connectivity index (χ4v) is 3.43. The molecule has 0 unspecified atom stereocenters. The summed E-state index contributed by atoms with van der Waals surface area (Å²) in [5.74, 6) is 5.50. The Morgan fingerprint density at radius 2 is 2.03 bits per heavy atom. The number of hydrogen-bond acceptors (Lipinski definition) is 8. The molecule has 1 aliphatic carbocycles. The topological polar surface area (TPSA) is 157 Å². The maximum absolute atomic E-state index is 12.8. The molecule has 0 bridgehead atoms. The monoisotopic (exact) mass is 509 g/mol. The van der Waals surface area contributed by atoms with Crippen LogP contribution >= 0.6 is 0 Å². The van der Waals surface area contributed by atoms with Crippen molar-refractivity contribution in [3.05, 3.63) is 53.4 Å². The summed E-state index contributed by atoms with van der Waals surface area (Å²) in [5.41, 5.74) is 5.00. The number of pyridine rings is 1. The fourth-order valence-electron chi connectivity index (χ4n) is 3.43. The molecular formula is C22H30F3N9O2. The molecule has 2 amide bonds. The SMILES string of the molecule is N/C(=C\N(N)CCCCn1cc(C(=O)NCC2CCC2)nn1)C(=O)NCc1cc(C(F)(F)F)ccn1. The van der Waals surface area contributed by atoms with Gasteiger partial charge in [0.25, 0.3) is 11.8 Å². The van der Waals surface area contributed by atoms with Gasteiger partial charge in [-0.05, 0) is 43.7 Å². The number of amides is 2. The molecule has 2 aromatic heterocycles. The summed E-state index contributed by atoms with van der Waals surface area (Å²) in [7, 11) is 0. The highest BCUT2D eigenvalue weighted by molar-refractivity contribution is 5.92. The summed E-state index contributed by atoms with van der Waals surface area (Å²) >= 11 is 0. The minimum Gasteiger partial charge on any atom is -0.393 e. The van der Waals surface area contributed by atoms with Gasteiger partial charge in [-0.15, -0.1) is 5.10 Å². The maximum atomic E-state index is 12.8. The number of alkyl halides is 3.